The third kappa shape index (κ3) is 3.73. The van der Waals surface area contributed by atoms with Gasteiger partial charge in [0.2, 0.25) is 5.91 Å². The van der Waals surface area contributed by atoms with Crippen LogP contribution in [0.15, 0.2) is 18.3 Å². The van der Waals surface area contributed by atoms with E-state index in [1.165, 1.54) is 19.3 Å². The summed E-state index contributed by atoms with van der Waals surface area (Å²) in [6.07, 6.45) is 7.42. The van der Waals surface area contributed by atoms with Crippen molar-refractivity contribution in [2.24, 2.45) is 5.92 Å². The van der Waals surface area contributed by atoms with Gasteiger partial charge in [0, 0.05) is 37.0 Å². The summed E-state index contributed by atoms with van der Waals surface area (Å²) in [6.45, 7) is 3.18. The molecule has 2 aliphatic rings. The maximum atomic E-state index is 12.3. The first-order chi connectivity index (χ1) is 10.3. The van der Waals surface area contributed by atoms with Gasteiger partial charge in [-0.05, 0) is 18.9 Å². The predicted octanol–water partition coefficient (Wildman–Crippen LogP) is 2.44. The third-order valence-electron chi connectivity index (χ3n) is 4.32. The number of morpholine rings is 1. The minimum atomic E-state index is 0.161. The van der Waals surface area contributed by atoms with E-state index in [1.54, 1.807) is 6.20 Å². The summed E-state index contributed by atoms with van der Waals surface area (Å²) < 4.78 is 5.36. The number of nitrogens with zero attached hydrogens (tertiary/aromatic N) is 2. The van der Waals surface area contributed by atoms with Crippen LogP contribution >= 0.6 is 0 Å². The molecule has 1 saturated heterocycles. The van der Waals surface area contributed by atoms with Crippen LogP contribution < -0.4 is 10.2 Å². The first-order valence-corrected chi connectivity index (χ1v) is 7.92. The number of aromatic nitrogens is 1. The first kappa shape index (κ1) is 14.3. The molecule has 0 atom stereocenters. The Hall–Kier alpha value is -1.62. The van der Waals surface area contributed by atoms with Crippen LogP contribution in [-0.4, -0.2) is 37.2 Å². The zero-order valence-electron chi connectivity index (χ0n) is 12.4. The number of hydrogen-bond donors (Lipinski definition) is 1. The third-order valence-corrected chi connectivity index (χ3v) is 4.32. The standard InChI is InChI=1S/C16H23N3O2/c20-16(13-4-2-1-3-5-13)18-14-6-7-17-15(12-14)19-8-10-21-11-9-19/h6-7,12-13H,1-5,8-11H2,(H,17,18,20). The van der Waals surface area contributed by atoms with Crippen LogP contribution in [0.25, 0.3) is 0 Å². The van der Waals surface area contributed by atoms with Crippen LogP contribution in [0.3, 0.4) is 0 Å². The lowest BCUT2D eigenvalue weighted by Crippen LogP contribution is -2.36. The highest BCUT2D eigenvalue weighted by atomic mass is 16.5. The molecule has 1 aliphatic carbocycles. The lowest BCUT2D eigenvalue weighted by Gasteiger charge is -2.28. The molecule has 1 amide bonds. The fraction of sp³-hybridized carbons (Fsp3) is 0.625. The van der Waals surface area contributed by atoms with Crippen molar-refractivity contribution < 1.29 is 9.53 Å². The van der Waals surface area contributed by atoms with Crippen LogP contribution in [0.5, 0.6) is 0 Å². The smallest absolute Gasteiger partial charge is 0.227 e. The number of rotatable bonds is 3. The maximum absolute atomic E-state index is 12.3. The van der Waals surface area contributed by atoms with Gasteiger partial charge in [0.25, 0.3) is 0 Å². The summed E-state index contributed by atoms with van der Waals surface area (Å²) in [6, 6.07) is 3.83. The number of nitrogens with one attached hydrogen (secondary N) is 1. The van der Waals surface area contributed by atoms with Crippen molar-refractivity contribution in [1.29, 1.82) is 0 Å². The van der Waals surface area contributed by atoms with E-state index >= 15 is 0 Å². The highest BCUT2D eigenvalue weighted by molar-refractivity contribution is 5.92. The molecule has 1 aliphatic heterocycles. The number of anilines is 2. The summed E-state index contributed by atoms with van der Waals surface area (Å²) in [4.78, 5) is 18.9. The van der Waals surface area contributed by atoms with Crippen molar-refractivity contribution in [1.82, 2.24) is 4.98 Å². The van der Waals surface area contributed by atoms with E-state index in [0.717, 1.165) is 50.7 Å². The fourth-order valence-electron chi connectivity index (χ4n) is 3.07. The Balaban J connectivity index is 1.63. The number of carbonyl (C=O) groups excluding carboxylic acids is 1. The molecular weight excluding hydrogens is 266 g/mol. The van der Waals surface area contributed by atoms with Crippen LogP contribution in [0.2, 0.25) is 0 Å². The summed E-state index contributed by atoms with van der Waals surface area (Å²) in [7, 11) is 0. The molecule has 114 valence electrons. The number of amides is 1. The van der Waals surface area contributed by atoms with E-state index in [-0.39, 0.29) is 11.8 Å². The monoisotopic (exact) mass is 289 g/mol. The molecule has 0 bridgehead atoms. The minimum Gasteiger partial charge on any atom is -0.378 e. The molecule has 1 N–H and O–H groups in total. The fourth-order valence-corrected chi connectivity index (χ4v) is 3.07. The highest BCUT2D eigenvalue weighted by Gasteiger charge is 2.21. The molecule has 0 radical (unpaired) electrons. The van der Waals surface area contributed by atoms with E-state index in [0.29, 0.717) is 0 Å². The van der Waals surface area contributed by atoms with Crippen molar-refractivity contribution in [3.8, 4) is 0 Å². The second-order valence-electron chi connectivity index (χ2n) is 5.83. The van der Waals surface area contributed by atoms with Crippen LogP contribution in [0.4, 0.5) is 11.5 Å². The van der Waals surface area contributed by atoms with E-state index in [9.17, 15) is 4.79 Å². The Kier molecular flexibility index (Phi) is 4.70. The topological polar surface area (TPSA) is 54.5 Å². The summed E-state index contributed by atoms with van der Waals surface area (Å²) >= 11 is 0. The molecule has 1 aromatic rings. The molecule has 1 saturated carbocycles. The summed E-state index contributed by atoms with van der Waals surface area (Å²) in [5.41, 5.74) is 0.849. The van der Waals surface area contributed by atoms with Gasteiger partial charge >= 0.3 is 0 Å². The van der Waals surface area contributed by atoms with Gasteiger partial charge in [-0.25, -0.2) is 4.98 Å². The van der Waals surface area contributed by atoms with Crippen LogP contribution in [-0.2, 0) is 9.53 Å². The van der Waals surface area contributed by atoms with Crippen LogP contribution in [0, 0.1) is 5.92 Å². The lowest BCUT2D eigenvalue weighted by molar-refractivity contribution is -0.120. The van der Waals surface area contributed by atoms with Gasteiger partial charge in [-0.2, -0.15) is 0 Å². The van der Waals surface area contributed by atoms with Gasteiger partial charge in [0.05, 0.1) is 13.2 Å². The maximum Gasteiger partial charge on any atom is 0.227 e. The molecule has 5 nitrogen and oxygen atoms in total. The Morgan fingerprint density at radius 1 is 1.24 bits per heavy atom. The van der Waals surface area contributed by atoms with Gasteiger partial charge in [0.15, 0.2) is 0 Å². The molecule has 2 fully saturated rings. The quantitative estimate of drug-likeness (QED) is 0.928. The molecule has 1 aromatic heterocycles. The van der Waals surface area contributed by atoms with Crippen molar-refractivity contribution in [3.05, 3.63) is 18.3 Å². The first-order valence-electron chi connectivity index (χ1n) is 7.92. The SMILES string of the molecule is O=C(Nc1ccnc(N2CCOCC2)c1)C1CCCCC1. The van der Waals surface area contributed by atoms with E-state index < -0.39 is 0 Å². The second-order valence-corrected chi connectivity index (χ2v) is 5.83. The number of hydrogen-bond acceptors (Lipinski definition) is 4. The normalized spacial score (nSPS) is 20.3. The lowest BCUT2D eigenvalue weighted by atomic mass is 9.88. The van der Waals surface area contributed by atoms with Gasteiger partial charge in [-0.3, -0.25) is 4.79 Å². The largest absolute Gasteiger partial charge is 0.378 e. The Bertz CT molecular complexity index is 480. The second kappa shape index (κ2) is 6.89. The van der Waals surface area contributed by atoms with Crippen LogP contribution in [0.1, 0.15) is 32.1 Å². The Labute approximate surface area is 125 Å². The van der Waals surface area contributed by atoms with Gasteiger partial charge in [-0.15, -0.1) is 0 Å². The summed E-state index contributed by atoms with van der Waals surface area (Å²) in [5, 5.41) is 3.05. The average molecular weight is 289 g/mol. The molecule has 0 aromatic carbocycles. The average Bonchev–Trinajstić information content (AvgIpc) is 2.57. The zero-order chi connectivity index (χ0) is 14.5. The van der Waals surface area contributed by atoms with Crippen molar-refractivity contribution >= 4 is 17.4 Å². The minimum absolute atomic E-state index is 0.161. The highest BCUT2D eigenvalue weighted by Crippen LogP contribution is 2.25. The number of pyridine rings is 1. The predicted molar refractivity (Wildman–Crippen MR) is 82.5 cm³/mol. The van der Waals surface area contributed by atoms with Gasteiger partial charge in [0.1, 0.15) is 5.82 Å². The molecule has 0 spiro atoms. The molecule has 21 heavy (non-hydrogen) atoms. The molecular formula is C16H23N3O2. The molecule has 5 heteroatoms. The zero-order valence-corrected chi connectivity index (χ0v) is 12.4. The van der Waals surface area contributed by atoms with E-state index in [1.807, 2.05) is 12.1 Å². The van der Waals surface area contributed by atoms with Crippen molar-refractivity contribution in [2.75, 3.05) is 36.5 Å². The van der Waals surface area contributed by atoms with Gasteiger partial charge in [-0.1, -0.05) is 19.3 Å². The van der Waals surface area contributed by atoms with Crippen molar-refractivity contribution in [2.45, 2.75) is 32.1 Å². The molecule has 2 heterocycles. The summed E-state index contributed by atoms with van der Waals surface area (Å²) in [5.74, 6) is 1.26. The number of carbonyl (C=O) groups is 1. The number of ether oxygens (including phenoxy) is 1. The Morgan fingerprint density at radius 3 is 2.76 bits per heavy atom. The molecule has 3 rings (SSSR count). The Morgan fingerprint density at radius 2 is 2.00 bits per heavy atom. The van der Waals surface area contributed by atoms with Gasteiger partial charge < -0.3 is 15.0 Å². The van der Waals surface area contributed by atoms with E-state index in [4.69, 9.17) is 4.74 Å². The molecule has 0 unspecified atom stereocenters. The van der Waals surface area contributed by atoms with E-state index in [2.05, 4.69) is 15.2 Å². The van der Waals surface area contributed by atoms with Crippen molar-refractivity contribution in [3.63, 3.8) is 0 Å².